The summed E-state index contributed by atoms with van der Waals surface area (Å²) >= 11 is 6.07. The molecule has 1 aromatic rings. The second-order valence-electron chi connectivity index (χ2n) is 5.86. The maximum absolute atomic E-state index is 12.2. The molecule has 6 nitrogen and oxygen atoms in total. The normalized spacial score (nSPS) is 17.3. The Hall–Kier alpha value is -1.95. The molecule has 0 aliphatic carbocycles. The third-order valence-electron chi connectivity index (χ3n) is 4.01. The van der Waals surface area contributed by atoms with Crippen LogP contribution in [-0.2, 0) is 9.53 Å². The van der Waals surface area contributed by atoms with Gasteiger partial charge in [0.05, 0.1) is 24.8 Å². The number of carbonyl (C=O) groups is 2. The Bertz CT molecular complexity index is 619. The molecule has 0 aromatic heterocycles. The number of ether oxygens (including phenoxy) is 3. The van der Waals surface area contributed by atoms with E-state index in [1.165, 1.54) is 26.4 Å². The van der Waals surface area contributed by atoms with Crippen LogP contribution in [0.25, 0.3) is 0 Å². The van der Waals surface area contributed by atoms with E-state index in [1.54, 1.807) is 4.90 Å². The van der Waals surface area contributed by atoms with Crippen molar-refractivity contribution in [2.75, 3.05) is 33.9 Å². The first-order valence-corrected chi connectivity index (χ1v) is 8.20. The quantitative estimate of drug-likeness (QED) is 0.760. The maximum Gasteiger partial charge on any atom is 0.338 e. The lowest BCUT2D eigenvalue weighted by molar-refractivity contribution is -0.136. The van der Waals surface area contributed by atoms with Crippen LogP contribution < -0.4 is 9.47 Å². The van der Waals surface area contributed by atoms with Gasteiger partial charge in [-0.2, -0.15) is 0 Å². The zero-order valence-corrected chi connectivity index (χ0v) is 14.9. The summed E-state index contributed by atoms with van der Waals surface area (Å²) < 4.78 is 15.4. The van der Waals surface area contributed by atoms with Crippen LogP contribution in [0.1, 0.15) is 30.1 Å². The number of esters is 1. The molecular formula is C17H22ClNO5. The zero-order valence-electron chi connectivity index (χ0n) is 14.1. The molecule has 0 radical (unpaired) electrons. The van der Waals surface area contributed by atoms with Gasteiger partial charge in [0.2, 0.25) is 0 Å². The Morgan fingerprint density at radius 2 is 2.04 bits per heavy atom. The Kier molecular flexibility index (Phi) is 6.31. The number of nitrogens with zero attached hydrogens (tertiary/aromatic N) is 1. The fraction of sp³-hybridized carbons (Fsp3) is 0.529. The van der Waals surface area contributed by atoms with E-state index in [4.69, 9.17) is 25.8 Å². The predicted octanol–water partition coefficient (Wildman–Crippen LogP) is 2.77. The van der Waals surface area contributed by atoms with E-state index in [0.717, 1.165) is 12.8 Å². The van der Waals surface area contributed by atoms with Crippen molar-refractivity contribution in [3.05, 3.63) is 22.7 Å². The van der Waals surface area contributed by atoms with Gasteiger partial charge in [-0.05, 0) is 30.9 Å². The molecule has 1 aromatic carbocycles. The fourth-order valence-corrected chi connectivity index (χ4v) is 3.04. The van der Waals surface area contributed by atoms with E-state index in [2.05, 4.69) is 6.92 Å². The lowest BCUT2D eigenvalue weighted by Crippen LogP contribution is -2.41. The van der Waals surface area contributed by atoms with Gasteiger partial charge in [0.1, 0.15) is 0 Å². The molecule has 0 N–H and O–H groups in total. The largest absolute Gasteiger partial charge is 0.493 e. The van der Waals surface area contributed by atoms with Crippen molar-refractivity contribution in [2.24, 2.45) is 5.92 Å². The van der Waals surface area contributed by atoms with Gasteiger partial charge in [0.25, 0.3) is 5.91 Å². The van der Waals surface area contributed by atoms with E-state index in [1.807, 2.05) is 0 Å². The number of amides is 1. The van der Waals surface area contributed by atoms with Crippen LogP contribution in [0.4, 0.5) is 0 Å². The van der Waals surface area contributed by atoms with Crippen LogP contribution >= 0.6 is 11.6 Å². The molecule has 1 unspecified atom stereocenters. The van der Waals surface area contributed by atoms with Crippen molar-refractivity contribution in [1.82, 2.24) is 4.90 Å². The van der Waals surface area contributed by atoms with Gasteiger partial charge in [-0.25, -0.2) is 4.79 Å². The third kappa shape index (κ3) is 4.32. The molecule has 24 heavy (non-hydrogen) atoms. The summed E-state index contributed by atoms with van der Waals surface area (Å²) in [4.78, 5) is 26.1. The standard InChI is InChI=1S/C17H22ClNO5/c1-11-5-4-6-19(9-11)15(20)10-24-17(21)12-7-13(18)16(23-3)14(8-12)22-2/h7-8,11H,4-6,9-10H2,1-3H3. The highest BCUT2D eigenvalue weighted by molar-refractivity contribution is 6.32. The molecule has 1 fully saturated rings. The highest BCUT2D eigenvalue weighted by Gasteiger charge is 2.23. The van der Waals surface area contributed by atoms with Gasteiger partial charge in [0, 0.05) is 13.1 Å². The van der Waals surface area contributed by atoms with Gasteiger partial charge in [-0.3, -0.25) is 4.79 Å². The number of piperidine rings is 1. The number of halogens is 1. The zero-order chi connectivity index (χ0) is 17.7. The Balaban J connectivity index is 1.99. The average molecular weight is 356 g/mol. The first kappa shape index (κ1) is 18.4. The number of methoxy groups -OCH3 is 2. The lowest BCUT2D eigenvalue weighted by Gasteiger charge is -2.30. The van der Waals surface area contributed by atoms with Gasteiger partial charge < -0.3 is 19.1 Å². The molecule has 1 aliphatic heterocycles. The summed E-state index contributed by atoms with van der Waals surface area (Å²) in [6, 6.07) is 2.90. The second kappa shape index (κ2) is 8.24. The number of rotatable bonds is 5. The molecule has 0 saturated carbocycles. The smallest absolute Gasteiger partial charge is 0.338 e. The minimum Gasteiger partial charge on any atom is -0.493 e. The highest BCUT2D eigenvalue weighted by Crippen LogP contribution is 2.36. The maximum atomic E-state index is 12.2. The van der Waals surface area contributed by atoms with Crippen molar-refractivity contribution < 1.29 is 23.8 Å². The van der Waals surface area contributed by atoms with E-state index < -0.39 is 5.97 Å². The molecule has 1 aliphatic rings. The molecule has 132 valence electrons. The topological polar surface area (TPSA) is 65.1 Å². The van der Waals surface area contributed by atoms with Crippen LogP contribution in [0, 0.1) is 5.92 Å². The monoisotopic (exact) mass is 355 g/mol. The lowest BCUT2D eigenvalue weighted by atomic mass is 10.0. The molecule has 0 spiro atoms. The Morgan fingerprint density at radius 3 is 2.67 bits per heavy atom. The fourth-order valence-electron chi connectivity index (χ4n) is 2.75. The second-order valence-corrected chi connectivity index (χ2v) is 6.26. The first-order chi connectivity index (χ1) is 11.5. The molecule has 1 atom stereocenters. The number of benzene rings is 1. The van der Waals surface area contributed by atoms with Crippen molar-refractivity contribution in [2.45, 2.75) is 19.8 Å². The molecule has 2 rings (SSSR count). The summed E-state index contributed by atoms with van der Waals surface area (Å²) in [5.41, 5.74) is 0.206. The van der Waals surface area contributed by atoms with Crippen molar-refractivity contribution in [3.8, 4) is 11.5 Å². The van der Waals surface area contributed by atoms with E-state index in [0.29, 0.717) is 30.5 Å². The van der Waals surface area contributed by atoms with Crippen molar-refractivity contribution >= 4 is 23.5 Å². The van der Waals surface area contributed by atoms with Crippen LogP contribution in [0.3, 0.4) is 0 Å². The predicted molar refractivity (Wildman–Crippen MR) is 89.8 cm³/mol. The first-order valence-electron chi connectivity index (χ1n) is 7.82. The van der Waals surface area contributed by atoms with E-state index in [-0.39, 0.29) is 23.1 Å². The minimum absolute atomic E-state index is 0.179. The Labute approximate surface area is 146 Å². The van der Waals surface area contributed by atoms with Crippen LogP contribution in [0.5, 0.6) is 11.5 Å². The number of hydrogen-bond donors (Lipinski definition) is 0. The molecular weight excluding hydrogens is 334 g/mol. The van der Waals surface area contributed by atoms with Crippen LogP contribution in [0.15, 0.2) is 12.1 Å². The summed E-state index contributed by atoms with van der Waals surface area (Å²) in [5, 5.41) is 0.236. The number of hydrogen-bond acceptors (Lipinski definition) is 5. The number of likely N-dealkylation sites (tertiary alicyclic amines) is 1. The Morgan fingerprint density at radius 1 is 1.29 bits per heavy atom. The molecule has 7 heteroatoms. The average Bonchev–Trinajstić information content (AvgIpc) is 2.58. The van der Waals surface area contributed by atoms with Gasteiger partial charge >= 0.3 is 5.97 Å². The highest BCUT2D eigenvalue weighted by atomic mass is 35.5. The third-order valence-corrected chi connectivity index (χ3v) is 4.29. The van der Waals surface area contributed by atoms with Gasteiger partial charge in [-0.15, -0.1) is 0 Å². The van der Waals surface area contributed by atoms with Gasteiger partial charge in [0.15, 0.2) is 18.1 Å². The van der Waals surface area contributed by atoms with E-state index >= 15 is 0 Å². The SMILES string of the molecule is COc1cc(C(=O)OCC(=O)N2CCCC(C)C2)cc(Cl)c1OC. The molecule has 1 heterocycles. The molecule has 1 saturated heterocycles. The summed E-state index contributed by atoms with van der Waals surface area (Å²) in [5.74, 6) is 0.336. The number of carbonyl (C=O) groups excluding carboxylic acids is 2. The van der Waals surface area contributed by atoms with Crippen LogP contribution in [-0.4, -0.2) is 50.7 Å². The minimum atomic E-state index is -0.628. The van der Waals surface area contributed by atoms with E-state index in [9.17, 15) is 9.59 Å². The summed E-state index contributed by atoms with van der Waals surface area (Å²) in [7, 11) is 2.91. The van der Waals surface area contributed by atoms with Crippen LogP contribution in [0.2, 0.25) is 5.02 Å². The van der Waals surface area contributed by atoms with Gasteiger partial charge in [-0.1, -0.05) is 18.5 Å². The molecule has 0 bridgehead atoms. The molecule has 1 amide bonds. The summed E-state index contributed by atoms with van der Waals surface area (Å²) in [6.07, 6.45) is 2.10. The van der Waals surface area contributed by atoms with Crippen molar-refractivity contribution in [3.63, 3.8) is 0 Å². The van der Waals surface area contributed by atoms with Crippen molar-refractivity contribution in [1.29, 1.82) is 0 Å². The summed E-state index contributed by atoms with van der Waals surface area (Å²) in [6.45, 7) is 3.25.